The molecule has 0 saturated carbocycles. The smallest absolute Gasteiger partial charge is 0.0589 e. The van der Waals surface area contributed by atoms with Crippen LogP contribution in [0.1, 0.15) is 37.9 Å². The van der Waals surface area contributed by atoms with Crippen LogP contribution in [-0.4, -0.2) is 44.3 Å². The van der Waals surface area contributed by atoms with E-state index in [1.54, 1.807) is 7.11 Å². The molecule has 114 valence electrons. The Kier molecular flexibility index (Phi) is 7.82. The number of rotatable bonds is 9. The zero-order valence-corrected chi connectivity index (χ0v) is 13.6. The topological polar surface area (TPSA) is 24.5 Å². The van der Waals surface area contributed by atoms with Crippen LogP contribution in [0.15, 0.2) is 24.3 Å². The molecule has 1 aromatic rings. The maximum atomic E-state index is 5.23. The van der Waals surface area contributed by atoms with Gasteiger partial charge in [-0.1, -0.05) is 36.8 Å². The van der Waals surface area contributed by atoms with E-state index >= 15 is 0 Å². The monoisotopic (exact) mass is 278 g/mol. The SMILES string of the molecule is CCNC(CN(CCOC)C(C)C)c1cccc(C)c1. The molecular weight excluding hydrogens is 248 g/mol. The third-order valence-corrected chi connectivity index (χ3v) is 3.63. The summed E-state index contributed by atoms with van der Waals surface area (Å²) < 4.78 is 5.23. The first-order valence-electron chi connectivity index (χ1n) is 7.61. The predicted octanol–water partition coefficient (Wildman–Crippen LogP) is 3.00. The first kappa shape index (κ1) is 17.2. The molecule has 20 heavy (non-hydrogen) atoms. The number of nitrogens with one attached hydrogen (secondary N) is 1. The molecule has 0 fully saturated rings. The minimum atomic E-state index is 0.374. The molecule has 3 heteroatoms. The maximum Gasteiger partial charge on any atom is 0.0589 e. The van der Waals surface area contributed by atoms with E-state index in [4.69, 9.17) is 4.74 Å². The quantitative estimate of drug-likeness (QED) is 0.751. The summed E-state index contributed by atoms with van der Waals surface area (Å²) in [4.78, 5) is 2.47. The number of hydrogen-bond donors (Lipinski definition) is 1. The van der Waals surface area contributed by atoms with Crippen molar-refractivity contribution in [3.8, 4) is 0 Å². The number of ether oxygens (including phenoxy) is 1. The number of likely N-dealkylation sites (N-methyl/N-ethyl adjacent to an activating group) is 1. The first-order chi connectivity index (χ1) is 9.58. The van der Waals surface area contributed by atoms with Gasteiger partial charge in [-0.2, -0.15) is 0 Å². The Morgan fingerprint density at radius 2 is 2.05 bits per heavy atom. The van der Waals surface area contributed by atoms with Gasteiger partial charge in [0.15, 0.2) is 0 Å². The van der Waals surface area contributed by atoms with Crippen LogP contribution < -0.4 is 5.32 Å². The predicted molar refractivity (Wildman–Crippen MR) is 86.2 cm³/mol. The molecule has 3 nitrogen and oxygen atoms in total. The van der Waals surface area contributed by atoms with Gasteiger partial charge in [0.05, 0.1) is 6.61 Å². The number of methoxy groups -OCH3 is 1. The van der Waals surface area contributed by atoms with Crippen LogP contribution >= 0.6 is 0 Å². The van der Waals surface area contributed by atoms with Gasteiger partial charge in [0.25, 0.3) is 0 Å². The average molecular weight is 278 g/mol. The van der Waals surface area contributed by atoms with Crippen LogP contribution in [0.5, 0.6) is 0 Å². The van der Waals surface area contributed by atoms with Crippen LogP contribution in [0.2, 0.25) is 0 Å². The number of hydrogen-bond acceptors (Lipinski definition) is 3. The van der Waals surface area contributed by atoms with Gasteiger partial charge < -0.3 is 10.1 Å². The summed E-state index contributed by atoms with van der Waals surface area (Å²) in [5.74, 6) is 0. The highest BCUT2D eigenvalue weighted by Gasteiger charge is 2.17. The molecule has 0 heterocycles. The van der Waals surface area contributed by atoms with Gasteiger partial charge in [-0.15, -0.1) is 0 Å². The Bertz CT molecular complexity index is 379. The third kappa shape index (κ3) is 5.61. The van der Waals surface area contributed by atoms with Crippen molar-refractivity contribution in [1.82, 2.24) is 10.2 Å². The largest absolute Gasteiger partial charge is 0.383 e. The molecule has 1 N–H and O–H groups in total. The van der Waals surface area contributed by atoms with E-state index < -0.39 is 0 Å². The molecule has 1 atom stereocenters. The van der Waals surface area contributed by atoms with Crippen LogP contribution in [0.4, 0.5) is 0 Å². The van der Waals surface area contributed by atoms with Crippen molar-refractivity contribution >= 4 is 0 Å². The Morgan fingerprint density at radius 3 is 2.60 bits per heavy atom. The molecule has 0 bridgehead atoms. The second kappa shape index (κ2) is 9.11. The molecule has 0 aliphatic carbocycles. The van der Waals surface area contributed by atoms with Gasteiger partial charge >= 0.3 is 0 Å². The molecule has 0 amide bonds. The first-order valence-corrected chi connectivity index (χ1v) is 7.61. The molecule has 0 spiro atoms. The minimum absolute atomic E-state index is 0.374. The van der Waals surface area contributed by atoms with E-state index in [-0.39, 0.29) is 0 Å². The fourth-order valence-electron chi connectivity index (χ4n) is 2.42. The lowest BCUT2D eigenvalue weighted by atomic mass is 10.0. The summed E-state index contributed by atoms with van der Waals surface area (Å²) in [5, 5.41) is 3.61. The molecule has 1 rings (SSSR count). The van der Waals surface area contributed by atoms with Crippen LogP contribution in [0.25, 0.3) is 0 Å². The lowest BCUT2D eigenvalue weighted by Gasteiger charge is -2.31. The molecule has 0 aliphatic heterocycles. The van der Waals surface area contributed by atoms with Gasteiger partial charge in [0.1, 0.15) is 0 Å². The second-order valence-corrected chi connectivity index (χ2v) is 5.61. The molecule has 0 saturated heterocycles. The summed E-state index contributed by atoms with van der Waals surface area (Å²) in [7, 11) is 1.76. The molecular formula is C17H30N2O. The highest BCUT2D eigenvalue weighted by atomic mass is 16.5. The van der Waals surface area contributed by atoms with Gasteiger partial charge in [-0.05, 0) is 32.9 Å². The number of aryl methyl sites for hydroxylation is 1. The lowest BCUT2D eigenvalue weighted by Crippen LogP contribution is -2.40. The maximum absolute atomic E-state index is 5.23. The van der Waals surface area contributed by atoms with Gasteiger partial charge in [0.2, 0.25) is 0 Å². The lowest BCUT2D eigenvalue weighted by molar-refractivity contribution is 0.121. The van der Waals surface area contributed by atoms with Crippen LogP contribution in [0, 0.1) is 6.92 Å². The molecule has 1 aromatic carbocycles. The van der Waals surface area contributed by atoms with Crippen molar-refractivity contribution in [1.29, 1.82) is 0 Å². The zero-order valence-electron chi connectivity index (χ0n) is 13.6. The Hall–Kier alpha value is -0.900. The van der Waals surface area contributed by atoms with Crippen LogP contribution in [0.3, 0.4) is 0 Å². The normalized spacial score (nSPS) is 13.2. The Morgan fingerprint density at radius 1 is 1.30 bits per heavy atom. The Balaban J connectivity index is 2.78. The van der Waals surface area contributed by atoms with Crippen molar-refractivity contribution < 1.29 is 4.74 Å². The second-order valence-electron chi connectivity index (χ2n) is 5.61. The molecule has 0 radical (unpaired) electrons. The summed E-state index contributed by atoms with van der Waals surface area (Å²) >= 11 is 0. The molecule has 0 aromatic heterocycles. The van der Waals surface area contributed by atoms with Crippen LogP contribution in [-0.2, 0) is 4.74 Å². The van der Waals surface area contributed by atoms with E-state index in [1.165, 1.54) is 11.1 Å². The highest BCUT2D eigenvalue weighted by molar-refractivity contribution is 5.25. The van der Waals surface area contributed by atoms with E-state index in [9.17, 15) is 0 Å². The average Bonchev–Trinajstić information content (AvgIpc) is 2.42. The highest BCUT2D eigenvalue weighted by Crippen LogP contribution is 2.17. The minimum Gasteiger partial charge on any atom is -0.383 e. The number of nitrogens with zero attached hydrogens (tertiary/aromatic N) is 1. The van der Waals surface area contributed by atoms with Crippen molar-refractivity contribution in [3.63, 3.8) is 0 Å². The fraction of sp³-hybridized carbons (Fsp3) is 0.647. The standard InChI is InChI=1S/C17H30N2O/c1-6-18-17(16-9-7-8-15(4)12-16)13-19(14(2)3)10-11-20-5/h7-9,12,14,17-18H,6,10-11,13H2,1-5H3. The van der Waals surface area contributed by atoms with Crippen molar-refractivity contribution in [2.24, 2.45) is 0 Å². The summed E-state index contributed by atoms with van der Waals surface area (Å²) in [6.45, 7) is 12.6. The number of benzene rings is 1. The van der Waals surface area contributed by atoms with E-state index in [0.29, 0.717) is 12.1 Å². The van der Waals surface area contributed by atoms with E-state index in [2.05, 4.69) is 62.2 Å². The van der Waals surface area contributed by atoms with Crippen molar-refractivity contribution in [2.75, 3.05) is 33.4 Å². The van der Waals surface area contributed by atoms with Crippen molar-refractivity contribution in [3.05, 3.63) is 35.4 Å². The summed E-state index contributed by atoms with van der Waals surface area (Å²) in [6, 6.07) is 9.69. The zero-order chi connectivity index (χ0) is 15.0. The van der Waals surface area contributed by atoms with Gasteiger partial charge in [0, 0.05) is 32.3 Å². The summed E-state index contributed by atoms with van der Waals surface area (Å²) in [6.07, 6.45) is 0. The van der Waals surface area contributed by atoms with Gasteiger partial charge in [-0.3, -0.25) is 4.90 Å². The Labute approximate surface area is 124 Å². The molecule has 1 unspecified atom stereocenters. The van der Waals surface area contributed by atoms with Crippen molar-refractivity contribution in [2.45, 2.75) is 39.8 Å². The fourth-order valence-corrected chi connectivity index (χ4v) is 2.42. The van der Waals surface area contributed by atoms with E-state index in [0.717, 1.165) is 26.2 Å². The van der Waals surface area contributed by atoms with E-state index in [1.807, 2.05) is 0 Å². The summed E-state index contributed by atoms with van der Waals surface area (Å²) in [5.41, 5.74) is 2.69. The third-order valence-electron chi connectivity index (χ3n) is 3.63. The molecule has 0 aliphatic rings. The van der Waals surface area contributed by atoms with Gasteiger partial charge in [-0.25, -0.2) is 0 Å².